The summed E-state index contributed by atoms with van der Waals surface area (Å²) < 4.78 is 10.6. The minimum atomic E-state index is -0.393. The van der Waals surface area contributed by atoms with Crippen LogP contribution in [0.25, 0.3) is 0 Å². The smallest absolute Gasteiger partial charge is 0.248 e. The van der Waals surface area contributed by atoms with E-state index in [0.717, 1.165) is 38.5 Å². The van der Waals surface area contributed by atoms with E-state index in [1.807, 2.05) is 4.90 Å². The van der Waals surface area contributed by atoms with Crippen LogP contribution in [0.2, 0.25) is 0 Å². The number of hydrogen-bond donors (Lipinski definition) is 1. The number of amides is 2. The first-order valence-corrected chi connectivity index (χ1v) is 10.7. The minimum absolute atomic E-state index is 0.0205. The molecule has 2 amide bonds. The molecule has 0 bridgehead atoms. The summed E-state index contributed by atoms with van der Waals surface area (Å²) in [6.07, 6.45) is 6.93. The summed E-state index contributed by atoms with van der Waals surface area (Å²) in [6, 6.07) is 0.0677. The van der Waals surface area contributed by atoms with E-state index in [-0.39, 0.29) is 35.8 Å². The zero-order valence-electron chi connectivity index (χ0n) is 17.7. The average Bonchev–Trinajstić information content (AvgIpc) is 3.35. The Balaban J connectivity index is 1.51. The summed E-state index contributed by atoms with van der Waals surface area (Å²) in [7, 11) is 1.53. The van der Waals surface area contributed by atoms with Crippen LogP contribution in [0.3, 0.4) is 0 Å². The maximum atomic E-state index is 13.1. The summed E-state index contributed by atoms with van der Waals surface area (Å²) in [5.41, 5.74) is -0.652. The monoisotopic (exact) mass is 404 g/mol. The van der Waals surface area contributed by atoms with E-state index in [9.17, 15) is 9.59 Å². The maximum Gasteiger partial charge on any atom is 0.248 e. The molecule has 0 radical (unpaired) electrons. The van der Waals surface area contributed by atoms with Gasteiger partial charge >= 0.3 is 0 Å². The Morgan fingerprint density at radius 2 is 2.07 bits per heavy atom. The molecule has 2 aliphatic carbocycles. The van der Waals surface area contributed by atoms with Gasteiger partial charge in [-0.1, -0.05) is 31.3 Å². The Morgan fingerprint density at radius 1 is 1.31 bits per heavy atom. The number of carbonyl (C=O) groups is 2. The fraction of sp³-hybridized carbons (Fsp3) is 0.810. The molecule has 8 heteroatoms. The summed E-state index contributed by atoms with van der Waals surface area (Å²) in [5, 5.41) is 7.32. The number of carbonyl (C=O) groups excluding carboxylic acids is 2. The molecule has 1 aromatic heterocycles. The number of fused-ring (bicyclic) bond motifs is 1. The van der Waals surface area contributed by atoms with Crippen molar-refractivity contribution in [1.82, 2.24) is 20.4 Å². The molecule has 3 fully saturated rings. The number of aryl methyl sites for hydroxylation is 1. The third-order valence-electron chi connectivity index (χ3n) is 7.29. The van der Waals surface area contributed by atoms with Crippen LogP contribution in [0.1, 0.15) is 63.6 Å². The molecule has 2 saturated carbocycles. The van der Waals surface area contributed by atoms with E-state index in [2.05, 4.69) is 22.4 Å². The number of hydrogen-bond acceptors (Lipinski definition) is 6. The van der Waals surface area contributed by atoms with Gasteiger partial charge in [0, 0.05) is 31.7 Å². The average molecular weight is 405 g/mol. The quantitative estimate of drug-likeness (QED) is 0.806. The highest BCUT2D eigenvalue weighted by atomic mass is 16.5. The van der Waals surface area contributed by atoms with Crippen molar-refractivity contribution in [3.05, 3.63) is 11.7 Å². The molecular weight excluding hydrogens is 372 g/mol. The van der Waals surface area contributed by atoms with Crippen molar-refractivity contribution < 1.29 is 18.8 Å². The minimum Gasteiger partial charge on any atom is -0.375 e. The first-order valence-electron chi connectivity index (χ1n) is 10.7. The Bertz CT molecular complexity index is 772. The van der Waals surface area contributed by atoms with Gasteiger partial charge in [-0.05, 0) is 38.5 Å². The first kappa shape index (κ1) is 20.3. The summed E-state index contributed by atoms with van der Waals surface area (Å²) in [4.78, 5) is 31.8. The Hall–Kier alpha value is -1.96. The van der Waals surface area contributed by atoms with Crippen molar-refractivity contribution in [2.45, 2.75) is 70.3 Å². The standard InChI is InChI=1S/C21H32N4O4/c1-14-22-19(29-24-14)21-10-16(23-18(27)20(2)7-5-4-6-8-20)9-15(21)11-25(13-21)17(26)12-28-3/h15-16H,4-13H2,1-3H3,(H,23,27)/t15-,16+,21-/m0/s1. The SMILES string of the molecule is COCC(=O)N1C[C@@H]2C[C@@H](NC(=O)C3(C)CCCCC3)C[C@]2(c2nc(C)no2)C1. The van der Waals surface area contributed by atoms with E-state index in [1.54, 1.807) is 6.92 Å². The topological polar surface area (TPSA) is 97.6 Å². The third kappa shape index (κ3) is 3.67. The van der Waals surface area contributed by atoms with E-state index in [1.165, 1.54) is 13.5 Å². The number of rotatable bonds is 5. The van der Waals surface area contributed by atoms with Crippen LogP contribution >= 0.6 is 0 Å². The van der Waals surface area contributed by atoms with E-state index < -0.39 is 5.41 Å². The molecule has 2 heterocycles. The zero-order valence-corrected chi connectivity index (χ0v) is 17.7. The molecule has 160 valence electrons. The lowest BCUT2D eigenvalue weighted by Gasteiger charge is -2.33. The number of nitrogens with zero attached hydrogens (tertiary/aromatic N) is 3. The fourth-order valence-corrected chi connectivity index (χ4v) is 5.64. The molecule has 3 aliphatic rings. The second-order valence-corrected chi connectivity index (χ2v) is 9.44. The second-order valence-electron chi connectivity index (χ2n) is 9.44. The van der Waals surface area contributed by atoms with Crippen LogP contribution < -0.4 is 5.32 Å². The van der Waals surface area contributed by atoms with Crippen LogP contribution in [-0.2, 0) is 19.7 Å². The summed E-state index contributed by atoms with van der Waals surface area (Å²) in [6.45, 7) is 5.14. The van der Waals surface area contributed by atoms with Crippen LogP contribution in [0.4, 0.5) is 0 Å². The Morgan fingerprint density at radius 3 is 2.72 bits per heavy atom. The number of ether oxygens (including phenoxy) is 1. The lowest BCUT2D eigenvalue weighted by atomic mass is 9.75. The molecule has 8 nitrogen and oxygen atoms in total. The molecule has 29 heavy (non-hydrogen) atoms. The van der Waals surface area contributed by atoms with Crippen LogP contribution in [-0.4, -0.2) is 59.7 Å². The van der Waals surface area contributed by atoms with Gasteiger partial charge in [0.05, 0.1) is 5.41 Å². The van der Waals surface area contributed by atoms with Crippen molar-refractivity contribution >= 4 is 11.8 Å². The summed E-state index contributed by atoms with van der Waals surface area (Å²) >= 11 is 0. The third-order valence-corrected chi connectivity index (χ3v) is 7.29. The highest BCUT2D eigenvalue weighted by molar-refractivity contribution is 5.82. The van der Waals surface area contributed by atoms with Crippen LogP contribution in [0.15, 0.2) is 4.52 Å². The van der Waals surface area contributed by atoms with Gasteiger partial charge in [0.1, 0.15) is 6.61 Å². The zero-order chi connectivity index (χ0) is 20.6. The van der Waals surface area contributed by atoms with Crippen molar-refractivity contribution in [2.75, 3.05) is 26.8 Å². The highest BCUT2D eigenvalue weighted by Gasteiger charge is 2.58. The van der Waals surface area contributed by atoms with Gasteiger partial charge in [0.15, 0.2) is 5.82 Å². The largest absolute Gasteiger partial charge is 0.375 e. The lowest BCUT2D eigenvalue weighted by Crippen LogP contribution is -2.46. The molecule has 3 atom stereocenters. The van der Waals surface area contributed by atoms with Crippen LogP contribution in [0, 0.1) is 18.3 Å². The predicted octanol–water partition coefficient (Wildman–Crippen LogP) is 1.97. The van der Waals surface area contributed by atoms with Crippen molar-refractivity contribution in [2.24, 2.45) is 11.3 Å². The molecular formula is C21H32N4O4. The molecule has 0 aromatic carbocycles. The molecule has 0 unspecified atom stereocenters. The first-order chi connectivity index (χ1) is 13.9. The number of aromatic nitrogens is 2. The molecule has 0 spiro atoms. The van der Waals surface area contributed by atoms with Gasteiger partial charge in [0.25, 0.3) is 0 Å². The Labute approximate surface area is 171 Å². The van der Waals surface area contributed by atoms with Crippen LogP contribution in [0.5, 0.6) is 0 Å². The number of methoxy groups -OCH3 is 1. The molecule has 1 aliphatic heterocycles. The number of likely N-dealkylation sites (tertiary alicyclic amines) is 1. The lowest BCUT2D eigenvalue weighted by molar-refractivity contribution is -0.135. The van der Waals surface area contributed by atoms with Crippen molar-refractivity contribution in [1.29, 1.82) is 0 Å². The highest BCUT2D eigenvalue weighted by Crippen LogP contribution is 2.50. The van der Waals surface area contributed by atoms with Gasteiger partial charge in [-0.3, -0.25) is 9.59 Å². The number of nitrogens with one attached hydrogen (secondary N) is 1. The molecule has 1 aromatic rings. The summed E-state index contributed by atoms with van der Waals surface area (Å²) in [5.74, 6) is 1.53. The molecule has 1 saturated heterocycles. The van der Waals surface area contributed by atoms with Gasteiger partial charge in [-0.25, -0.2) is 0 Å². The predicted molar refractivity (Wildman–Crippen MR) is 105 cm³/mol. The van der Waals surface area contributed by atoms with Gasteiger partial charge in [-0.15, -0.1) is 0 Å². The van der Waals surface area contributed by atoms with Gasteiger partial charge < -0.3 is 19.5 Å². The van der Waals surface area contributed by atoms with Gasteiger partial charge in [-0.2, -0.15) is 4.98 Å². The maximum absolute atomic E-state index is 13.1. The van der Waals surface area contributed by atoms with E-state index >= 15 is 0 Å². The Kier molecular flexibility index (Phi) is 5.40. The second kappa shape index (κ2) is 7.70. The molecule has 1 N–H and O–H groups in total. The fourth-order valence-electron chi connectivity index (χ4n) is 5.64. The normalized spacial score (nSPS) is 30.9. The van der Waals surface area contributed by atoms with Crippen molar-refractivity contribution in [3.8, 4) is 0 Å². The van der Waals surface area contributed by atoms with E-state index in [0.29, 0.717) is 24.8 Å². The van der Waals surface area contributed by atoms with E-state index in [4.69, 9.17) is 9.26 Å². The van der Waals surface area contributed by atoms with Gasteiger partial charge in [0.2, 0.25) is 17.7 Å². The van der Waals surface area contributed by atoms with Crippen molar-refractivity contribution in [3.63, 3.8) is 0 Å². The molecule has 4 rings (SSSR count).